The summed E-state index contributed by atoms with van der Waals surface area (Å²) < 4.78 is 17.5. The number of rotatable bonds is 2. The van der Waals surface area contributed by atoms with Gasteiger partial charge >= 0.3 is 0 Å². The third-order valence-corrected chi connectivity index (χ3v) is 6.15. The fourth-order valence-electron chi connectivity index (χ4n) is 4.57. The number of nitrogens with zero attached hydrogens (tertiary/aromatic N) is 3. The standard InChI is InChI=1S/C24H22N4O3/c25-23-27-24(15-30-23)19-12-16(17-2-1-7-26-14-17)3-5-21(19)31-22-6-4-18(13-20(22)24)28-8-10-29-11-9-28/h1-7,12-14H,8-11,15H2,(H2,25,27)/t24-/m0/s1. The lowest BCUT2D eigenvalue weighted by Gasteiger charge is -2.35. The maximum Gasteiger partial charge on any atom is 0.283 e. The second-order valence-corrected chi connectivity index (χ2v) is 7.93. The Bertz CT molecular complexity index is 1170. The highest BCUT2D eigenvalue weighted by molar-refractivity contribution is 5.78. The normalized spacial score (nSPS) is 21.7. The summed E-state index contributed by atoms with van der Waals surface area (Å²) in [5.41, 5.74) is 10.4. The largest absolute Gasteiger partial charge is 0.462 e. The quantitative estimate of drug-likeness (QED) is 0.693. The second-order valence-electron chi connectivity index (χ2n) is 7.93. The number of nitrogens with two attached hydrogens (primary N) is 1. The molecule has 1 spiro atoms. The number of amidine groups is 1. The van der Waals surface area contributed by atoms with E-state index in [0.717, 1.165) is 65.7 Å². The van der Waals surface area contributed by atoms with Crippen LogP contribution in [0, 0.1) is 0 Å². The predicted octanol–water partition coefficient (Wildman–Crippen LogP) is 3.28. The van der Waals surface area contributed by atoms with Gasteiger partial charge < -0.3 is 24.8 Å². The van der Waals surface area contributed by atoms with Gasteiger partial charge in [0.2, 0.25) is 0 Å². The lowest BCUT2D eigenvalue weighted by atomic mass is 9.80. The van der Waals surface area contributed by atoms with Gasteiger partial charge in [0, 0.05) is 47.9 Å². The van der Waals surface area contributed by atoms with Crippen molar-refractivity contribution in [2.24, 2.45) is 10.7 Å². The van der Waals surface area contributed by atoms with Crippen molar-refractivity contribution < 1.29 is 14.2 Å². The lowest BCUT2D eigenvalue weighted by Crippen LogP contribution is -2.37. The zero-order chi connectivity index (χ0) is 20.8. The van der Waals surface area contributed by atoms with Gasteiger partial charge in [-0.2, -0.15) is 0 Å². The first-order valence-electron chi connectivity index (χ1n) is 10.4. The summed E-state index contributed by atoms with van der Waals surface area (Å²) in [4.78, 5) is 11.4. The Morgan fingerprint density at radius 2 is 1.74 bits per heavy atom. The number of ether oxygens (including phenoxy) is 3. The van der Waals surface area contributed by atoms with Crippen LogP contribution in [0.3, 0.4) is 0 Å². The van der Waals surface area contributed by atoms with Crippen molar-refractivity contribution in [2.45, 2.75) is 5.54 Å². The van der Waals surface area contributed by atoms with Crippen molar-refractivity contribution in [3.8, 4) is 22.6 Å². The van der Waals surface area contributed by atoms with E-state index in [0.29, 0.717) is 6.61 Å². The highest BCUT2D eigenvalue weighted by atomic mass is 16.5. The first kappa shape index (κ1) is 18.2. The highest BCUT2D eigenvalue weighted by Crippen LogP contribution is 2.52. The summed E-state index contributed by atoms with van der Waals surface area (Å²) in [6.07, 6.45) is 3.62. The average molecular weight is 414 g/mol. The summed E-state index contributed by atoms with van der Waals surface area (Å²) in [7, 11) is 0. The summed E-state index contributed by atoms with van der Waals surface area (Å²) in [5.74, 6) is 1.54. The Balaban J connectivity index is 1.51. The van der Waals surface area contributed by atoms with Gasteiger partial charge in [0.15, 0.2) is 5.54 Å². The van der Waals surface area contributed by atoms with Crippen LogP contribution < -0.4 is 15.4 Å². The van der Waals surface area contributed by atoms with Crippen LogP contribution in [-0.4, -0.2) is 43.9 Å². The van der Waals surface area contributed by atoms with Gasteiger partial charge in [0.25, 0.3) is 6.02 Å². The number of morpholine rings is 1. The monoisotopic (exact) mass is 414 g/mol. The van der Waals surface area contributed by atoms with E-state index in [9.17, 15) is 0 Å². The van der Waals surface area contributed by atoms with Crippen molar-refractivity contribution in [1.82, 2.24) is 4.98 Å². The van der Waals surface area contributed by atoms with Gasteiger partial charge in [-0.15, -0.1) is 0 Å². The SMILES string of the molecule is NC1=N[C@@]2(CO1)c1cc(-c3cccnc3)ccc1Oc1ccc(N3CCOCC3)cc12. The first-order chi connectivity index (χ1) is 15.2. The first-order valence-corrected chi connectivity index (χ1v) is 10.4. The molecule has 156 valence electrons. The minimum absolute atomic E-state index is 0.197. The average Bonchev–Trinajstić information content (AvgIpc) is 3.22. The maximum atomic E-state index is 6.31. The van der Waals surface area contributed by atoms with Crippen molar-refractivity contribution in [3.05, 3.63) is 72.1 Å². The molecule has 3 aromatic rings. The molecule has 1 aromatic heterocycles. The molecule has 4 heterocycles. The Morgan fingerprint density at radius 1 is 0.935 bits per heavy atom. The molecule has 3 aliphatic heterocycles. The topological polar surface area (TPSA) is 82.2 Å². The van der Waals surface area contributed by atoms with E-state index in [1.165, 1.54) is 0 Å². The van der Waals surface area contributed by atoms with Crippen LogP contribution in [0.2, 0.25) is 0 Å². The molecule has 1 fully saturated rings. The zero-order valence-corrected chi connectivity index (χ0v) is 17.0. The highest BCUT2D eigenvalue weighted by Gasteiger charge is 2.47. The molecule has 0 saturated carbocycles. The molecular weight excluding hydrogens is 392 g/mol. The summed E-state index contributed by atoms with van der Waals surface area (Å²) in [6, 6.07) is 16.6. The summed E-state index contributed by atoms with van der Waals surface area (Å²) in [5, 5.41) is 0. The Hall–Kier alpha value is -3.58. The molecule has 7 heteroatoms. The van der Waals surface area contributed by atoms with Crippen LogP contribution in [0.5, 0.6) is 11.5 Å². The molecule has 2 N–H and O–H groups in total. The molecule has 1 atom stereocenters. The van der Waals surface area contributed by atoms with Gasteiger partial charge in [0.05, 0.1) is 13.2 Å². The smallest absolute Gasteiger partial charge is 0.283 e. The van der Waals surface area contributed by atoms with E-state index in [4.69, 9.17) is 24.9 Å². The van der Waals surface area contributed by atoms with Crippen molar-refractivity contribution in [1.29, 1.82) is 0 Å². The van der Waals surface area contributed by atoms with Crippen LogP contribution in [-0.2, 0) is 15.0 Å². The van der Waals surface area contributed by atoms with Crippen molar-refractivity contribution >= 4 is 11.7 Å². The van der Waals surface area contributed by atoms with Gasteiger partial charge in [-0.25, -0.2) is 4.99 Å². The van der Waals surface area contributed by atoms with Crippen molar-refractivity contribution in [3.63, 3.8) is 0 Å². The lowest BCUT2D eigenvalue weighted by molar-refractivity contribution is 0.122. The second kappa shape index (κ2) is 6.99. The maximum absolute atomic E-state index is 6.31. The van der Waals surface area contributed by atoms with Crippen LogP contribution >= 0.6 is 0 Å². The summed E-state index contributed by atoms with van der Waals surface area (Å²) >= 11 is 0. The summed E-state index contributed by atoms with van der Waals surface area (Å²) in [6.45, 7) is 3.51. The van der Waals surface area contributed by atoms with Crippen LogP contribution in [0.1, 0.15) is 11.1 Å². The number of benzene rings is 2. The molecule has 2 aromatic carbocycles. The van der Waals surface area contributed by atoms with Crippen LogP contribution in [0.15, 0.2) is 65.9 Å². The van der Waals surface area contributed by atoms with Gasteiger partial charge in [-0.05, 0) is 42.0 Å². The molecule has 1 saturated heterocycles. The third kappa shape index (κ3) is 2.92. The molecule has 31 heavy (non-hydrogen) atoms. The van der Waals surface area contributed by atoms with E-state index in [2.05, 4.69) is 28.1 Å². The Kier molecular flexibility index (Phi) is 4.11. The van der Waals surface area contributed by atoms with E-state index >= 15 is 0 Å². The number of hydrogen-bond acceptors (Lipinski definition) is 7. The fraction of sp³-hybridized carbons (Fsp3) is 0.250. The molecule has 0 amide bonds. The van der Waals surface area contributed by atoms with E-state index in [-0.39, 0.29) is 6.02 Å². The van der Waals surface area contributed by atoms with Gasteiger partial charge in [-0.1, -0.05) is 12.1 Å². The van der Waals surface area contributed by atoms with Gasteiger partial charge in [-0.3, -0.25) is 4.98 Å². The van der Waals surface area contributed by atoms with Crippen LogP contribution in [0.4, 0.5) is 5.69 Å². The molecule has 0 unspecified atom stereocenters. The molecule has 7 nitrogen and oxygen atoms in total. The van der Waals surface area contributed by atoms with Crippen molar-refractivity contribution in [2.75, 3.05) is 37.8 Å². The Morgan fingerprint density at radius 3 is 2.48 bits per heavy atom. The number of pyridine rings is 1. The molecule has 6 rings (SSSR count). The van der Waals surface area contributed by atoms with E-state index in [1.807, 2.05) is 36.5 Å². The minimum atomic E-state index is -0.743. The number of aromatic nitrogens is 1. The zero-order valence-electron chi connectivity index (χ0n) is 17.0. The number of hydrogen-bond donors (Lipinski definition) is 1. The van der Waals surface area contributed by atoms with E-state index in [1.54, 1.807) is 6.20 Å². The number of fused-ring (bicyclic) bond motifs is 4. The molecule has 0 bridgehead atoms. The molecular formula is C24H22N4O3. The van der Waals surface area contributed by atoms with E-state index < -0.39 is 5.54 Å². The number of aliphatic imine (C=N–C) groups is 1. The van der Waals surface area contributed by atoms with Crippen LogP contribution in [0.25, 0.3) is 11.1 Å². The third-order valence-electron chi connectivity index (χ3n) is 6.15. The van der Waals surface area contributed by atoms with Gasteiger partial charge in [0.1, 0.15) is 18.1 Å². The number of anilines is 1. The molecule has 0 aliphatic carbocycles. The fourth-order valence-corrected chi connectivity index (χ4v) is 4.57. The minimum Gasteiger partial charge on any atom is -0.462 e. The molecule has 3 aliphatic rings. The molecule has 0 radical (unpaired) electrons. The Labute approximate surface area is 180 Å². The predicted molar refractivity (Wildman–Crippen MR) is 118 cm³/mol.